The molecule has 0 aliphatic carbocycles. The lowest BCUT2D eigenvalue weighted by molar-refractivity contribution is -0.132. The smallest absolute Gasteiger partial charge is 0.231 e. The van der Waals surface area contributed by atoms with Crippen LogP contribution in [0.2, 0.25) is 0 Å². The predicted molar refractivity (Wildman–Crippen MR) is 110 cm³/mol. The number of hydrogen-bond acceptors (Lipinski definition) is 2. The highest BCUT2D eigenvalue weighted by atomic mass is 16.2. The van der Waals surface area contributed by atoms with Crippen LogP contribution in [0.3, 0.4) is 0 Å². The molecule has 5 heteroatoms. The van der Waals surface area contributed by atoms with Crippen LogP contribution in [-0.2, 0) is 22.7 Å². The van der Waals surface area contributed by atoms with Gasteiger partial charge in [-0.1, -0.05) is 48.0 Å². The maximum Gasteiger partial charge on any atom is 0.231 e. The zero-order chi connectivity index (χ0) is 19.8. The van der Waals surface area contributed by atoms with E-state index in [0.717, 1.165) is 28.6 Å². The van der Waals surface area contributed by atoms with E-state index in [2.05, 4.69) is 47.9 Å². The monoisotopic (exact) mass is 375 g/mol. The summed E-state index contributed by atoms with van der Waals surface area (Å²) in [7, 11) is 3.54. The lowest BCUT2D eigenvalue weighted by atomic mass is 9.91. The third kappa shape index (κ3) is 3.07. The molecule has 2 heterocycles. The average molecular weight is 375 g/mol. The molecule has 1 aromatic heterocycles. The van der Waals surface area contributed by atoms with Gasteiger partial charge in [0, 0.05) is 43.8 Å². The number of aromatic nitrogens is 1. The van der Waals surface area contributed by atoms with Crippen molar-refractivity contribution in [3.8, 4) is 0 Å². The zero-order valence-electron chi connectivity index (χ0n) is 16.6. The van der Waals surface area contributed by atoms with Crippen LogP contribution in [0.4, 0.5) is 0 Å². The average Bonchev–Trinajstić information content (AvgIpc) is 3.02. The summed E-state index contributed by atoms with van der Waals surface area (Å²) in [5, 5.41) is 1.11. The van der Waals surface area contributed by atoms with Gasteiger partial charge >= 0.3 is 0 Å². The maximum absolute atomic E-state index is 12.9. The van der Waals surface area contributed by atoms with Crippen LogP contribution in [0.15, 0.2) is 48.5 Å². The summed E-state index contributed by atoms with van der Waals surface area (Å²) in [5.41, 5.74) is 5.66. The number of rotatable bonds is 4. The maximum atomic E-state index is 12.9. The Balaban J connectivity index is 1.90. The van der Waals surface area contributed by atoms with Crippen molar-refractivity contribution >= 4 is 23.2 Å². The van der Waals surface area contributed by atoms with Crippen molar-refractivity contribution in [1.82, 2.24) is 14.4 Å². The molecule has 2 amide bonds. The molecular weight excluding hydrogens is 350 g/mol. The van der Waals surface area contributed by atoms with Crippen molar-refractivity contribution in [3.05, 3.63) is 70.9 Å². The fraction of sp³-hybridized carbons (Fsp3) is 0.304. The molecule has 0 radical (unpaired) electrons. The number of para-hydroxylation sites is 1. The third-order valence-corrected chi connectivity index (χ3v) is 5.59. The van der Waals surface area contributed by atoms with Crippen LogP contribution < -0.4 is 0 Å². The number of carbonyl (C=O) groups is 2. The van der Waals surface area contributed by atoms with Gasteiger partial charge in [0.15, 0.2) is 0 Å². The Hall–Kier alpha value is -3.08. The number of aryl methyl sites for hydroxylation is 1. The van der Waals surface area contributed by atoms with Crippen LogP contribution in [0, 0.1) is 6.92 Å². The first-order chi connectivity index (χ1) is 13.5. The Kier molecular flexibility index (Phi) is 4.67. The van der Waals surface area contributed by atoms with Gasteiger partial charge in [-0.3, -0.25) is 9.59 Å². The molecule has 2 aromatic carbocycles. The first-order valence-electron chi connectivity index (χ1n) is 9.55. The van der Waals surface area contributed by atoms with Crippen LogP contribution in [-0.4, -0.2) is 47.3 Å². The summed E-state index contributed by atoms with van der Waals surface area (Å²) >= 11 is 0. The van der Waals surface area contributed by atoms with E-state index in [0.29, 0.717) is 19.6 Å². The number of fused-ring (bicyclic) bond motifs is 3. The largest absolute Gasteiger partial charge is 0.348 e. The van der Waals surface area contributed by atoms with Gasteiger partial charge in [-0.2, -0.15) is 0 Å². The molecule has 3 aromatic rings. The van der Waals surface area contributed by atoms with E-state index in [1.165, 1.54) is 11.1 Å². The molecule has 0 saturated carbocycles. The van der Waals surface area contributed by atoms with Crippen molar-refractivity contribution in [1.29, 1.82) is 0 Å². The molecule has 0 bridgehead atoms. The molecule has 1 aliphatic heterocycles. The van der Waals surface area contributed by atoms with Gasteiger partial charge in [0.2, 0.25) is 12.3 Å². The van der Waals surface area contributed by atoms with Crippen molar-refractivity contribution in [2.24, 2.45) is 0 Å². The molecule has 1 aliphatic rings. The standard InChI is InChI=1S/C23H25N3O2/c1-16-8-10-17(11-9-16)12-26-20-7-5-4-6-18(20)22-19(23(28)24(2)3)13-25(15-27)14-21(22)26/h4-11,15,19H,12-14H2,1-3H3. The van der Waals surface area contributed by atoms with Crippen molar-refractivity contribution in [2.45, 2.75) is 25.9 Å². The van der Waals surface area contributed by atoms with E-state index in [-0.39, 0.29) is 11.8 Å². The van der Waals surface area contributed by atoms with Gasteiger partial charge in [0.25, 0.3) is 0 Å². The van der Waals surface area contributed by atoms with Gasteiger partial charge in [0.1, 0.15) is 0 Å². The fourth-order valence-corrected chi connectivity index (χ4v) is 4.18. The minimum atomic E-state index is -0.340. The van der Waals surface area contributed by atoms with E-state index in [9.17, 15) is 9.59 Å². The Morgan fingerprint density at radius 1 is 1.14 bits per heavy atom. The second-order valence-corrected chi connectivity index (χ2v) is 7.77. The third-order valence-electron chi connectivity index (χ3n) is 5.59. The van der Waals surface area contributed by atoms with E-state index < -0.39 is 0 Å². The topological polar surface area (TPSA) is 45.6 Å². The highest BCUT2D eigenvalue weighted by molar-refractivity contribution is 5.94. The first kappa shape index (κ1) is 18.3. The van der Waals surface area contributed by atoms with Crippen LogP contribution >= 0.6 is 0 Å². The molecule has 0 fully saturated rings. The first-order valence-corrected chi connectivity index (χ1v) is 9.55. The van der Waals surface area contributed by atoms with E-state index in [1.807, 2.05) is 12.1 Å². The van der Waals surface area contributed by atoms with Crippen molar-refractivity contribution < 1.29 is 9.59 Å². The summed E-state index contributed by atoms with van der Waals surface area (Å²) in [6.45, 7) is 3.74. The molecular formula is C23H25N3O2. The van der Waals surface area contributed by atoms with E-state index in [4.69, 9.17) is 0 Å². The molecule has 1 unspecified atom stereocenters. The quantitative estimate of drug-likeness (QED) is 0.658. The number of likely N-dealkylation sites (N-methyl/N-ethyl adjacent to an activating group) is 1. The molecule has 1 atom stereocenters. The molecule has 5 nitrogen and oxygen atoms in total. The summed E-state index contributed by atoms with van der Waals surface area (Å²) in [5.74, 6) is -0.306. The summed E-state index contributed by atoms with van der Waals surface area (Å²) in [6.07, 6.45) is 0.854. The van der Waals surface area contributed by atoms with Gasteiger partial charge < -0.3 is 14.4 Å². The van der Waals surface area contributed by atoms with Gasteiger partial charge in [-0.05, 0) is 24.1 Å². The highest BCUT2D eigenvalue weighted by Crippen LogP contribution is 2.37. The lowest BCUT2D eigenvalue weighted by Gasteiger charge is -2.32. The Bertz CT molecular complexity index is 1030. The Morgan fingerprint density at radius 3 is 2.54 bits per heavy atom. The van der Waals surface area contributed by atoms with E-state index in [1.54, 1.807) is 23.9 Å². The number of nitrogens with zero attached hydrogens (tertiary/aromatic N) is 3. The SMILES string of the molecule is Cc1ccc(Cn2c3c(c4ccccc42)C(C(=O)N(C)C)CN(C=O)C3)cc1. The minimum absolute atomic E-state index is 0.0334. The predicted octanol–water partition coefficient (Wildman–Crippen LogP) is 3.14. The molecule has 28 heavy (non-hydrogen) atoms. The van der Waals surface area contributed by atoms with Crippen molar-refractivity contribution in [3.63, 3.8) is 0 Å². The summed E-state index contributed by atoms with van der Waals surface area (Å²) in [6, 6.07) is 16.7. The summed E-state index contributed by atoms with van der Waals surface area (Å²) in [4.78, 5) is 27.9. The van der Waals surface area contributed by atoms with Crippen LogP contribution in [0.25, 0.3) is 10.9 Å². The molecule has 0 N–H and O–H groups in total. The molecule has 4 rings (SSSR count). The number of carbonyl (C=O) groups excluding carboxylic acids is 2. The Morgan fingerprint density at radius 2 is 1.86 bits per heavy atom. The molecule has 0 saturated heterocycles. The van der Waals surface area contributed by atoms with Gasteiger partial charge in [-0.25, -0.2) is 0 Å². The van der Waals surface area contributed by atoms with E-state index >= 15 is 0 Å². The van der Waals surface area contributed by atoms with Crippen LogP contribution in [0.5, 0.6) is 0 Å². The Labute approximate surface area is 165 Å². The number of benzene rings is 2. The van der Waals surface area contributed by atoms with Gasteiger partial charge in [-0.15, -0.1) is 0 Å². The molecule has 0 spiro atoms. The normalized spacial score (nSPS) is 16.1. The number of hydrogen-bond donors (Lipinski definition) is 0. The zero-order valence-corrected chi connectivity index (χ0v) is 16.6. The van der Waals surface area contributed by atoms with Crippen LogP contribution in [0.1, 0.15) is 28.3 Å². The van der Waals surface area contributed by atoms with Crippen molar-refractivity contribution in [2.75, 3.05) is 20.6 Å². The highest BCUT2D eigenvalue weighted by Gasteiger charge is 2.35. The second-order valence-electron chi connectivity index (χ2n) is 7.77. The lowest BCUT2D eigenvalue weighted by Crippen LogP contribution is -2.40. The summed E-state index contributed by atoms with van der Waals surface area (Å²) < 4.78 is 2.26. The van der Waals surface area contributed by atoms with Gasteiger partial charge in [0.05, 0.1) is 12.5 Å². The number of amides is 2. The fourth-order valence-electron chi connectivity index (χ4n) is 4.18. The minimum Gasteiger partial charge on any atom is -0.348 e. The second kappa shape index (κ2) is 7.15. The molecule has 144 valence electrons.